The van der Waals surface area contributed by atoms with E-state index in [9.17, 15) is 14.4 Å². The number of hydrogen-bond donors (Lipinski definition) is 1. The number of allylic oxidation sites excluding steroid dienone is 1. The van der Waals surface area contributed by atoms with E-state index in [0.29, 0.717) is 17.1 Å². The van der Waals surface area contributed by atoms with Crippen LogP contribution in [0.1, 0.15) is 27.4 Å². The molecule has 0 aliphatic carbocycles. The summed E-state index contributed by atoms with van der Waals surface area (Å²) in [7, 11) is 1.57. The first kappa shape index (κ1) is 20.0. The van der Waals surface area contributed by atoms with E-state index in [1.807, 2.05) is 12.1 Å². The van der Waals surface area contributed by atoms with Crippen LogP contribution in [0.5, 0.6) is 17.2 Å². The van der Waals surface area contributed by atoms with Gasteiger partial charge in [0.2, 0.25) is 5.88 Å². The Bertz CT molecular complexity index is 1230. The Morgan fingerprint density at radius 2 is 1.81 bits per heavy atom. The third-order valence-electron chi connectivity index (χ3n) is 4.94. The number of ether oxygens (including phenoxy) is 3. The molecule has 4 rings (SSSR count). The number of nitrogens with zero attached hydrogens (tertiary/aromatic N) is 1. The average Bonchev–Trinajstić information content (AvgIpc) is 2.78. The fourth-order valence-electron chi connectivity index (χ4n) is 3.43. The maximum Gasteiger partial charge on any atom is 0.346 e. The fourth-order valence-corrected chi connectivity index (χ4v) is 3.43. The molecule has 31 heavy (non-hydrogen) atoms. The number of benzene rings is 3. The van der Waals surface area contributed by atoms with Gasteiger partial charge in [-0.25, -0.2) is 9.18 Å². The zero-order chi connectivity index (χ0) is 22.0. The summed E-state index contributed by atoms with van der Waals surface area (Å²) >= 11 is 0. The second kappa shape index (κ2) is 8.20. The van der Waals surface area contributed by atoms with E-state index in [-0.39, 0.29) is 22.8 Å². The summed E-state index contributed by atoms with van der Waals surface area (Å²) in [4.78, 5) is 12.3. The molecule has 0 spiro atoms. The highest BCUT2D eigenvalue weighted by molar-refractivity contribution is 5.91. The van der Waals surface area contributed by atoms with Crippen LogP contribution in [0, 0.1) is 17.1 Å². The standard InChI is InChI=1S/C24H17FN2O4/c1-29-15-8-6-14(7-9-15)22-18-11-10-16(12-21(18)31-23(27)19(22)13-26)30-24(28)17-4-2-3-5-20(17)25/h2-12,22H,27H2,1H3. The highest BCUT2D eigenvalue weighted by Gasteiger charge is 2.31. The van der Waals surface area contributed by atoms with Gasteiger partial charge >= 0.3 is 5.97 Å². The molecule has 1 heterocycles. The number of halogens is 1. The molecule has 0 bridgehead atoms. The highest BCUT2D eigenvalue weighted by Crippen LogP contribution is 2.43. The van der Waals surface area contributed by atoms with Crippen molar-refractivity contribution in [1.82, 2.24) is 0 Å². The summed E-state index contributed by atoms with van der Waals surface area (Å²) in [5.41, 5.74) is 7.60. The summed E-state index contributed by atoms with van der Waals surface area (Å²) in [5, 5.41) is 9.65. The Labute approximate surface area is 177 Å². The maximum atomic E-state index is 13.9. The number of carbonyl (C=O) groups excluding carboxylic acids is 1. The van der Waals surface area contributed by atoms with Crippen LogP contribution in [-0.4, -0.2) is 13.1 Å². The smallest absolute Gasteiger partial charge is 0.346 e. The van der Waals surface area contributed by atoms with Crippen molar-refractivity contribution in [3.8, 4) is 23.3 Å². The number of nitrogens with two attached hydrogens (primary N) is 1. The predicted octanol–water partition coefficient (Wildman–Crippen LogP) is 4.27. The lowest BCUT2D eigenvalue weighted by atomic mass is 9.83. The Morgan fingerprint density at radius 1 is 1.10 bits per heavy atom. The van der Waals surface area contributed by atoms with Crippen molar-refractivity contribution in [2.45, 2.75) is 5.92 Å². The first-order chi connectivity index (χ1) is 15.0. The minimum atomic E-state index is -0.832. The monoisotopic (exact) mass is 416 g/mol. The van der Waals surface area contributed by atoms with Crippen molar-refractivity contribution in [3.63, 3.8) is 0 Å². The third kappa shape index (κ3) is 3.79. The topological polar surface area (TPSA) is 94.6 Å². The fraction of sp³-hybridized carbons (Fsp3) is 0.0833. The number of hydrogen-bond acceptors (Lipinski definition) is 6. The van der Waals surface area contributed by atoms with E-state index in [2.05, 4.69) is 6.07 Å². The Balaban J connectivity index is 1.69. The molecule has 0 saturated heterocycles. The minimum absolute atomic E-state index is 0.0339. The van der Waals surface area contributed by atoms with Gasteiger partial charge in [-0.15, -0.1) is 0 Å². The lowest BCUT2D eigenvalue weighted by Crippen LogP contribution is -2.21. The molecule has 154 valence electrons. The van der Waals surface area contributed by atoms with E-state index in [1.54, 1.807) is 37.4 Å². The van der Waals surface area contributed by atoms with Crippen LogP contribution in [0.2, 0.25) is 0 Å². The highest BCUT2D eigenvalue weighted by atomic mass is 19.1. The van der Waals surface area contributed by atoms with Gasteiger partial charge < -0.3 is 19.9 Å². The van der Waals surface area contributed by atoms with Crippen LogP contribution in [0.3, 0.4) is 0 Å². The molecule has 1 atom stereocenters. The molecule has 1 aliphatic rings. The van der Waals surface area contributed by atoms with Crippen LogP contribution >= 0.6 is 0 Å². The lowest BCUT2D eigenvalue weighted by Gasteiger charge is -2.26. The van der Waals surface area contributed by atoms with Gasteiger partial charge in [-0.2, -0.15) is 5.26 Å². The Kier molecular flexibility index (Phi) is 5.29. The number of fused-ring (bicyclic) bond motifs is 1. The van der Waals surface area contributed by atoms with Gasteiger partial charge in [0.1, 0.15) is 34.7 Å². The lowest BCUT2D eigenvalue weighted by molar-refractivity contribution is 0.0729. The molecule has 0 fully saturated rings. The van der Waals surface area contributed by atoms with Crippen LogP contribution in [0.4, 0.5) is 4.39 Å². The zero-order valence-corrected chi connectivity index (χ0v) is 16.5. The second-order valence-electron chi connectivity index (χ2n) is 6.77. The molecule has 3 aromatic carbocycles. The van der Waals surface area contributed by atoms with E-state index in [4.69, 9.17) is 19.9 Å². The van der Waals surface area contributed by atoms with Crippen LogP contribution in [0.15, 0.2) is 78.2 Å². The molecule has 0 radical (unpaired) electrons. The van der Waals surface area contributed by atoms with Gasteiger partial charge in [-0.1, -0.05) is 30.3 Å². The van der Waals surface area contributed by atoms with Crippen molar-refractivity contribution in [2.24, 2.45) is 5.73 Å². The molecule has 1 unspecified atom stereocenters. The Hall–Kier alpha value is -4.31. The first-order valence-electron chi connectivity index (χ1n) is 9.34. The van der Waals surface area contributed by atoms with Crippen LogP contribution in [-0.2, 0) is 0 Å². The van der Waals surface area contributed by atoms with Gasteiger partial charge in [0.25, 0.3) is 0 Å². The van der Waals surface area contributed by atoms with Crippen molar-refractivity contribution < 1.29 is 23.4 Å². The molecule has 1 aliphatic heterocycles. The summed E-state index contributed by atoms with van der Waals surface area (Å²) in [6.45, 7) is 0. The van der Waals surface area contributed by atoms with Crippen molar-refractivity contribution in [1.29, 1.82) is 5.26 Å². The number of rotatable bonds is 4. The van der Waals surface area contributed by atoms with Gasteiger partial charge in [-0.3, -0.25) is 0 Å². The largest absolute Gasteiger partial charge is 0.497 e. The van der Waals surface area contributed by atoms with Crippen LogP contribution in [0.25, 0.3) is 0 Å². The maximum absolute atomic E-state index is 13.9. The quantitative estimate of drug-likeness (QED) is 0.504. The van der Waals surface area contributed by atoms with E-state index in [0.717, 1.165) is 5.56 Å². The third-order valence-corrected chi connectivity index (χ3v) is 4.94. The molecule has 0 aromatic heterocycles. The first-order valence-corrected chi connectivity index (χ1v) is 9.34. The summed E-state index contributed by atoms with van der Waals surface area (Å²) in [6, 6.07) is 19.7. The van der Waals surface area contributed by atoms with E-state index in [1.165, 1.54) is 24.3 Å². The second-order valence-corrected chi connectivity index (χ2v) is 6.77. The number of methoxy groups -OCH3 is 1. The number of carbonyl (C=O) groups is 1. The van der Waals surface area contributed by atoms with Gasteiger partial charge in [0, 0.05) is 11.6 Å². The van der Waals surface area contributed by atoms with Gasteiger partial charge in [0.15, 0.2) is 0 Å². The molecule has 0 saturated carbocycles. The molecule has 3 aromatic rings. The van der Waals surface area contributed by atoms with Crippen molar-refractivity contribution in [2.75, 3.05) is 7.11 Å². The SMILES string of the molecule is COc1ccc(C2C(C#N)=C(N)Oc3cc(OC(=O)c4ccccc4F)ccc32)cc1. The number of esters is 1. The number of nitriles is 1. The predicted molar refractivity (Wildman–Crippen MR) is 110 cm³/mol. The summed E-state index contributed by atoms with van der Waals surface area (Å²) in [5.74, 6) is -0.815. The molecule has 7 heteroatoms. The molecule has 0 amide bonds. The van der Waals surface area contributed by atoms with E-state index < -0.39 is 17.7 Å². The molecular formula is C24H17FN2O4. The Morgan fingerprint density at radius 3 is 2.48 bits per heavy atom. The average molecular weight is 416 g/mol. The summed E-state index contributed by atoms with van der Waals surface area (Å²) in [6.07, 6.45) is 0. The zero-order valence-electron chi connectivity index (χ0n) is 16.5. The molecule has 6 nitrogen and oxygen atoms in total. The van der Waals surface area contributed by atoms with Gasteiger partial charge in [-0.05, 0) is 35.9 Å². The van der Waals surface area contributed by atoms with Gasteiger partial charge in [0.05, 0.1) is 18.6 Å². The molecule has 2 N–H and O–H groups in total. The van der Waals surface area contributed by atoms with E-state index >= 15 is 0 Å². The summed E-state index contributed by atoms with van der Waals surface area (Å²) < 4.78 is 30.0. The van der Waals surface area contributed by atoms with Crippen molar-refractivity contribution >= 4 is 5.97 Å². The minimum Gasteiger partial charge on any atom is -0.497 e. The molecular weight excluding hydrogens is 399 g/mol. The normalized spacial score (nSPS) is 14.8. The van der Waals surface area contributed by atoms with Crippen LogP contribution < -0.4 is 19.9 Å². The van der Waals surface area contributed by atoms with Crippen molar-refractivity contribution in [3.05, 3.63) is 101 Å².